The van der Waals surface area contributed by atoms with Crippen LogP contribution in [0.2, 0.25) is 0 Å². The summed E-state index contributed by atoms with van der Waals surface area (Å²) in [5.74, 6) is 0.851. The standard InChI is InChI=1S/C18H22N2O4/c1-11(2)24-16-8-14-13(7-15(16)17(19)21)3-5-20-18(14)23-10-12-4-6-22-9-12/h3,5,7-8,11-12H,4,6,9-10H2,1-2H3,(H2,19,21)/t12-/m1/s1. The molecule has 0 spiro atoms. The lowest BCUT2D eigenvalue weighted by Gasteiger charge is -2.16. The Bertz CT molecular complexity index is 739. The first kappa shape index (κ1) is 16.5. The molecular formula is C18H22N2O4. The van der Waals surface area contributed by atoms with Crippen molar-refractivity contribution in [3.63, 3.8) is 0 Å². The molecule has 1 aliphatic heterocycles. The molecule has 128 valence electrons. The van der Waals surface area contributed by atoms with E-state index in [1.165, 1.54) is 0 Å². The predicted octanol–water partition coefficient (Wildman–Crippen LogP) is 2.54. The molecule has 0 radical (unpaired) electrons. The predicted molar refractivity (Wildman–Crippen MR) is 90.4 cm³/mol. The number of benzene rings is 1. The van der Waals surface area contributed by atoms with Gasteiger partial charge in [-0.15, -0.1) is 0 Å². The van der Waals surface area contributed by atoms with Gasteiger partial charge in [0.05, 0.1) is 24.9 Å². The SMILES string of the molecule is CC(C)Oc1cc2c(OC[C@@H]3CCOC3)nccc2cc1C(N)=O. The highest BCUT2D eigenvalue weighted by molar-refractivity contribution is 6.01. The van der Waals surface area contributed by atoms with E-state index in [4.69, 9.17) is 19.9 Å². The molecular weight excluding hydrogens is 308 g/mol. The van der Waals surface area contributed by atoms with Gasteiger partial charge in [0.25, 0.3) is 5.91 Å². The first-order valence-electron chi connectivity index (χ1n) is 8.14. The van der Waals surface area contributed by atoms with E-state index < -0.39 is 5.91 Å². The third kappa shape index (κ3) is 3.59. The number of nitrogens with zero attached hydrogens (tertiary/aromatic N) is 1. The van der Waals surface area contributed by atoms with E-state index in [1.807, 2.05) is 19.9 Å². The van der Waals surface area contributed by atoms with E-state index in [-0.39, 0.29) is 6.10 Å². The van der Waals surface area contributed by atoms with Crippen LogP contribution in [0, 0.1) is 5.92 Å². The number of nitrogens with two attached hydrogens (primary N) is 1. The molecule has 6 nitrogen and oxygen atoms in total. The van der Waals surface area contributed by atoms with Gasteiger partial charge in [-0.1, -0.05) is 0 Å². The summed E-state index contributed by atoms with van der Waals surface area (Å²) in [4.78, 5) is 16.0. The average Bonchev–Trinajstić information content (AvgIpc) is 3.05. The van der Waals surface area contributed by atoms with Gasteiger partial charge in [0.2, 0.25) is 5.88 Å². The van der Waals surface area contributed by atoms with E-state index in [2.05, 4.69) is 4.98 Å². The first-order valence-corrected chi connectivity index (χ1v) is 8.14. The molecule has 0 unspecified atom stereocenters. The molecule has 2 N–H and O–H groups in total. The van der Waals surface area contributed by atoms with Crippen molar-refractivity contribution in [3.05, 3.63) is 30.0 Å². The number of carbonyl (C=O) groups excluding carboxylic acids is 1. The number of primary amides is 1. The van der Waals surface area contributed by atoms with Crippen molar-refractivity contribution in [2.24, 2.45) is 11.7 Å². The Kier molecular flexibility index (Phi) is 4.85. The van der Waals surface area contributed by atoms with Gasteiger partial charge in [0, 0.05) is 24.1 Å². The van der Waals surface area contributed by atoms with Crippen LogP contribution in [-0.4, -0.2) is 36.8 Å². The lowest BCUT2D eigenvalue weighted by Crippen LogP contribution is -2.16. The van der Waals surface area contributed by atoms with Gasteiger partial charge < -0.3 is 19.9 Å². The third-order valence-electron chi connectivity index (χ3n) is 3.94. The van der Waals surface area contributed by atoms with Gasteiger partial charge in [-0.25, -0.2) is 4.98 Å². The number of ether oxygens (including phenoxy) is 3. The summed E-state index contributed by atoms with van der Waals surface area (Å²) >= 11 is 0. The van der Waals surface area contributed by atoms with Gasteiger partial charge in [-0.2, -0.15) is 0 Å². The fourth-order valence-corrected chi connectivity index (χ4v) is 2.75. The maximum atomic E-state index is 11.7. The highest BCUT2D eigenvalue weighted by Crippen LogP contribution is 2.31. The Morgan fingerprint density at radius 1 is 1.46 bits per heavy atom. The molecule has 24 heavy (non-hydrogen) atoms. The van der Waals surface area contributed by atoms with Crippen LogP contribution >= 0.6 is 0 Å². The summed E-state index contributed by atoms with van der Waals surface area (Å²) in [6.07, 6.45) is 2.59. The molecule has 3 rings (SSSR count). The van der Waals surface area contributed by atoms with Crippen molar-refractivity contribution in [1.82, 2.24) is 4.98 Å². The lowest BCUT2D eigenvalue weighted by atomic mass is 10.1. The maximum Gasteiger partial charge on any atom is 0.252 e. The minimum Gasteiger partial charge on any atom is -0.490 e. The molecule has 1 aliphatic rings. The van der Waals surface area contributed by atoms with Gasteiger partial charge in [-0.05, 0) is 43.9 Å². The molecule has 2 aromatic rings. The zero-order valence-corrected chi connectivity index (χ0v) is 14.0. The second kappa shape index (κ2) is 7.05. The number of hydrogen-bond acceptors (Lipinski definition) is 5. The van der Waals surface area contributed by atoms with Crippen molar-refractivity contribution < 1.29 is 19.0 Å². The summed E-state index contributed by atoms with van der Waals surface area (Å²) in [6.45, 7) is 5.86. The lowest BCUT2D eigenvalue weighted by molar-refractivity contribution is 0.0994. The number of pyridine rings is 1. The molecule has 1 saturated heterocycles. The second-order valence-corrected chi connectivity index (χ2v) is 6.26. The van der Waals surface area contributed by atoms with E-state index in [1.54, 1.807) is 18.3 Å². The first-order chi connectivity index (χ1) is 11.5. The number of amides is 1. The highest BCUT2D eigenvalue weighted by atomic mass is 16.5. The molecule has 1 aromatic carbocycles. The van der Waals surface area contributed by atoms with Crippen LogP contribution in [0.5, 0.6) is 11.6 Å². The van der Waals surface area contributed by atoms with Crippen LogP contribution in [0.4, 0.5) is 0 Å². The summed E-state index contributed by atoms with van der Waals surface area (Å²) in [6, 6.07) is 5.33. The molecule has 0 aliphatic carbocycles. The van der Waals surface area contributed by atoms with E-state index in [0.717, 1.165) is 30.4 Å². The van der Waals surface area contributed by atoms with Crippen LogP contribution in [0.1, 0.15) is 30.6 Å². The molecule has 1 aromatic heterocycles. The van der Waals surface area contributed by atoms with Crippen molar-refractivity contribution in [2.45, 2.75) is 26.4 Å². The van der Waals surface area contributed by atoms with E-state index in [0.29, 0.717) is 29.7 Å². The second-order valence-electron chi connectivity index (χ2n) is 6.26. The van der Waals surface area contributed by atoms with Gasteiger partial charge >= 0.3 is 0 Å². The minimum atomic E-state index is -0.519. The number of carbonyl (C=O) groups is 1. The monoisotopic (exact) mass is 330 g/mol. The number of fused-ring (bicyclic) bond motifs is 1. The van der Waals surface area contributed by atoms with Crippen LogP contribution in [-0.2, 0) is 4.74 Å². The Balaban J connectivity index is 1.95. The fraction of sp³-hybridized carbons (Fsp3) is 0.444. The number of aromatic nitrogens is 1. The normalized spacial score (nSPS) is 17.4. The van der Waals surface area contributed by atoms with Crippen molar-refractivity contribution >= 4 is 16.7 Å². The van der Waals surface area contributed by atoms with Crippen LogP contribution < -0.4 is 15.2 Å². The van der Waals surface area contributed by atoms with Gasteiger partial charge in [-0.3, -0.25) is 4.79 Å². The van der Waals surface area contributed by atoms with Crippen molar-refractivity contribution in [2.75, 3.05) is 19.8 Å². The Morgan fingerprint density at radius 3 is 2.96 bits per heavy atom. The van der Waals surface area contributed by atoms with Gasteiger partial charge in [0.15, 0.2) is 0 Å². The molecule has 0 saturated carbocycles. The van der Waals surface area contributed by atoms with Crippen LogP contribution in [0.3, 0.4) is 0 Å². The quantitative estimate of drug-likeness (QED) is 0.880. The topological polar surface area (TPSA) is 83.7 Å². The third-order valence-corrected chi connectivity index (χ3v) is 3.94. The zero-order chi connectivity index (χ0) is 17.1. The number of rotatable bonds is 6. The number of hydrogen-bond donors (Lipinski definition) is 1. The molecule has 2 heterocycles. The highest BCUT2D eigenvalue weighted by Gasteiger charge is 2.19. The fourth-order valence-electron chi connectivity index (χ4n) is 2.75. The molecule has 0 bridgehead atoms. The Morgan fingerprint density at radius 2 is 2.29 bits per heavy atom. The summed E-state index contributed by atoms with van der Waals surface area (Å²) < 4.78 is 17.0. The minimum absolute atomic E-state index is 0.0720. The average molecular weight is 330 g/mol. The zero-order valence-electron chi connectivity index (χ0n) is 14.0. The Labute approximate surface area is 140 Å². The van der Waals surface area contributed by atoms with Gasteiger partial charge in [0.1, 0.15) is 5.75 Å². The summed E-state index contributed by atoms with van der Waals surface area (Å²) in [5, 5.41) is 1.64. The summed E-state index contributed by atoms with van der Waals surface area (Å²) in [7, 11) is 0. The van der Waals surface area contributed by atoms with Crippen molar-refractivity contribution in [3.8, 4) is 11.6 Å². The summed E-state index contributed by atoms with van der Waals surface area (Å²) in [5.41, 5.74) is 5.84. The molecule has 6 heteroatoms. The molecule has 1 fully saturated rings. The Hall–Kier alpha value is -2.34. The largest absolute Gasteiger partial charge is 0.490 e. The smallest absolute Gasteiger partial charge is 0.252 e. The van der Waals surface area contributed by atoms with E-state index >= 15 is 0 Å². The van der Waals surface area contributed by atoms with Crippen molar-refractivity contribution in [1.29, 1.82) is 0 Å². The van der Waals surface area contributed by atoms with Crippen LogP contribution in [0.15, 0.2) is 24.4 Å². The maximum absolute atomic E-state index is 11.7. The van der Waals surface area contributed by atoms with E-state index in [9.17, 15) is 4.79 Å². The molecule has 1 amide bonds. The van der Waals surface area contributed by atoms with Crippen LogP contribution in [0.25, 0.3) is 10.8 Å². The molecule has 1 atom stereocenters.